The lowest BCUT2D eigenvalue weighted by atomic mass is 10.1. The summed E-state index contributed by atoms with van der Waals surface area (Å²) in [7, 11) is 0. The number of nitrogens with one attached hydrogen (secondary N) is 3. The molecule has 7 nitrogen and oxygen atoms in total. The van der Waals surface area contributed by atoms with Gasteiger partial charge in [0.1, 0.15) is 17.4 Å². The summed E-state index contributed by atoms with van der Waals surface area (Å²) in [6, 6.07) is 5.84. The van der Waals surface area contributed by atoms with E-state index < -0.39 is 17.5 Å². The van der Waals surface area contributed by atoms with Gasteiger partial charge in [0, 0.05) is 6.54 Å². The molecule has 2 aromatic rings. The minimum Gasteiger partial charge on any atom is -0.463 e. The summed E-state index contributed by atoms with van der Waals surface area (Å²) in [6.07, 6.45) is 3.80. The lowest BCUT2D eigenvalue weighted by molar-refractivity contribution is -0.122. The van der Waals surface area contributed by atoms with Crippen molar-refractivity contribution in [1.82, 2.24) is 15.6 Å². The molecule has 7 heteroatoms. The summed E-state index contributed by atoms with van der Waals surface area (Å²) in [5, 5.41) is 5.37. The van der Waals surface area contributed by atoms with E-state index in [1.807, 2.05) is 0 Å². The quantitative estimate of drug-likeness (QED) is 0.787. The van der Waals surface area contributed by atoms with Crippen LogP contribution in [0.15, 0.2) is 39.7 Å². The van der Waals surface area contributed by atoms with Gasteiger partial charge in [-0.3, -0.25) is 14.4 Å². The lowest BCUT2D eigenvalue weighted by Gasteiger charge is -2.14. The van der Waals surface area contributed by atoms with Crippen LogP contribution in [0.3, 0.4) is 0 Å². The van der Waals surface area contributed by atoms with E-state index >= 15 is 0 Å². The Hall–Kier alpha value is -2.83. The smallest absolute Gasteiger partial charge is 0.261 e. The van der Waals surface area contributed by atoms with Crippen molar-refractivity contribution in [2.24, 2.45) is 0 Å². The molecular formula is C16H17N3O4. The van der Waals surface area contributed by atoms with Gasteiger partial charge in [-0.2, -0.15) is 0 Å². The molecule has 2 amide bonds. The molecule has 120 valence electrons. The molecule has 23 heavy (non-hydrogen) atoms. The van der Waals surface area contributed by atoms with Crippen molar-refractivity contribution in [3.8, 4) is 11.5 Å². The van der Waals surface area contributed by atoms with Crippen LogP contribution in [-0.4, -0.2) is 29.4 Å². The van der Waals surface area contributed by atoms with E-state index in [4.69, 9.17) is 4.42 Å². The summed E-state index contributed by atoms with van der Waals surface area (Å²) in [5.74, 6) is -0.254. The Morgan fingerprint density at radius 3 is 2.83 bits per heavy atom. The summed E-state index contributed by atoms with van der Waals surface area (Å²) in [4.78, 5) is 38.8. The zero-order chi connectivity index (χ0) is 16.2. The van der Waals surface area contributed by atoms with Gasteiger partial charge < -0.3 is 20.0 Å². The first-order valence-corrected chi connectivity index (χ1v) is 7.51. The first kappa shape index (κ1) is 15.1. The number of carbonyl (C=O) groups is 2. The third-order valence-corrected chi connectivity index (χ3v) is 3.78. The van der Waals surface area contributed by atoms with Crippen molar-refractivity contribution in [2.45, 2.75) is 25.3 Å². The number of aromatic amines is 1. The van der Waals surface area contributed by atoms with Gasteiger partial charge in [-0.1, -0.05) is 0 Å². The fourth-order valence-electron chi connectivity index (χ4n) is 2.54. The summed E-state index contributed by atoms with van der Waals surface area (Å²) in [5.41, 5.74) is -0.0634. The van der Waals surface area contributed by atoms with Gasteiger partial charge in [0.25, 0.3) is 11.5 Å². The van der Waals surface area contributed by atoms with Gasteiger partial charge in [-0.05, 0) is 43.5 Å². The van der Waals surface area contributed by atoms with Crippen molar-refractivity contribution in [3.63, 3.8) is 0 Å². The normalized spacial score (nSPS) is 18.1. The van der Waals surface area contributed by atoms with Crippen LogP contribution < -0.4 is 16.2 Å². The Bertz CT molecular complexity index is 764. The van der Waals surface area contributed by atoms with E-state index in [0.717, 1.165) is 12.8 Å². The maximum absolute atomic E-state index is 12.3. The molecule has 1 saturated heterocycles. The Labute approximate surface area is 132 Å². The molecule has 2 aromatic heterocycles. The molecule has 0 saturated carbocycles. The molecule has 0 unspecified atom stereocenters. The fourth-order valence-corrected chi connectivity index (χ4v) is 2.54. The van der Waals surface area contributed by atoms with Crippen LogP contribution in [0.5, 0.6) is 0 Å². The minimum atomic E-state index is -0.603. The standard InChI is InChI=1S/C16H17N3O4/c20-14-10(6-7-11(18-14)13-5-3-9-23-13)15(21)19-12-4-1-2-8-17-16(12)22/h3,5-7,9,12H,1-2,4,8H2,(H,17,22)(H,18,20)(H,19,21)/t12-/m0/s1. The maximum atomic E-state index is 12.3. The number of H-pyrrole nitrogens is 1. The maximum Gasteiger partial charge on any atom is 0.261 e. The molecule has 0 radical (unpaired) electrons. The first-order chi connectivity index (χ1) is 11.1. The number of carbonyl (C=O) groups excluding carboxylic acids is 2. The fraction of sp³-hybridized carbons (Fsp3) is 0.312. The molecule has 0 aromatic carbocycles. The monoisotopic (exact) mass is 315 g/mol. The number of amides is 2. The van der Waals surface area contributed by atoms with E-state index in [0.29, 0.717) is 24.4 Å². The Morgan fingerprint density at radius 1 is 1.22 bits per heavy atom. The van der Waals surface area contributed by atoms with Crippen molar-refractivity contribution in [2.75, 3.05) is 6.54 Å². The van der Waals surface area contributed by atoms with Crippen molar-refractivity contribution < 1.29 is 14.0 Å². The third kappa shape index (κ3) is 3.33. The van der Waals surface area contributed by atoms with E-state index in [1.165, 1.54) is 12.3 Å². The molecule has 3 heterocycles. The molecule has 1 fully saturated rings. The second-order valence-electron chi connectivity index (χ2n) is 5.40. The van der Waals surface area contributed by atoms with Crippen LogP contribution in [0.25, 0.3) is 11.5 Å². The van der Waals surface area contributed by atoms with Crippen LogP contribution in [0.4, 0.5) is 0 Å². The van der Waals surface area contributed by atoms with Gasteiger partial charge in [-0.15, -0.1) is 0 Å². The van der Waals surface area contributed by atoms with Crippen LogP contribution >= 0.6 is 0 Å². The van der Waals surface area contributed by atoms with Gasteiger partial charge in [0.15, 0.2) is 0 Å². The predicted octanol–water partition coefficient (Wildman–Crippen LogP) is 1.03. The van der Waals surface area contributed by atoms with Crippen LogP contribution in [0.2, 0.25) is 0 Å². The summed E-state index contributed by atoms with van der Waals surface area (Å²) in [6.45, 7) is 0.615. The topological polar surface area (TPSA) is 104 Å². The highest BCUT2D eigenvalue weighted by Crippen LogP contribution is 2.15. The Kier molecular flexibility index (Phi) is 4.27. The highest BCUT2D eigenvalue weighted by atomic mass is 16.3. The highest BCUT2D eigenvalue weighted by molar-refractivity contribution is 5.97. The average molecular weight is 315 g/mol. The number of pyridine rings is 1. The predicted molar refractivity (Wildman–Crippen MR) is 82.9 cm³/mol. The van der Waals surface area contributed by atoms with Crippen molar-refractivity contribution in [3.05, 3.63) is 46.4 Å². The second-order valence-corrected chi connectivity index (χ2v) is 5.40. The van der Waals surface area contributed by atoms with E-state index in [2.05, 4.69) is 15.6 Å². The molecule has 3 rings (SSSR count). The van der Waals surface area contributed by atoms with Crippen LogP contribution in [0.1, 0.15) is 29.6 Å². The first-order valence-electron chi connectivity index (χ1n) is 7.51. The van der Waals surface area contributed by atoms with Crippen LogP contribution in [-0.2, 0) is 4.79 Å². The third-order valence-electron chi connectivity index (χ3n) is 3.78. The number of rotatable bonds is 3. The number of hydrogen-bond donors (Lipinski definition) is 3. The van der Waals surface area contributed by atoms with Gasteiger partial charge in [0.2, 0.25) is 5.91 Å². The molecule has 1 aliphatic rings. The van der Waals surface area contributed by atoms with Gasteiger partial charge >= 0.3 is 0 Å². The van der Waals surface area contributed by atoms with Crippen LogP contribution in [0, 0.1) is 0 Å². The lowest BCUT2D eigenvalue weighted by Crippen LogP contribution is -2.46. The summed E-state index contributed by atoms with van der Waals surface area (Å²) >= 11 is 0. The number of furan rings is 1. The summed E-state index contributed by atoms with van der Waals surface area (Å²) < 4.78 is 5.20. The van der Waals surface area contributed by atoms with Crippen molar-refractivity contribution >= 4 is 11.8 Å². The SMILES string of the molecule is O=C(N[C@H]1CCCCNC1=O)c1ccc(-c2ccco2)[nH]c1=O. The molecule has 1 atom stereocenters. The molecule has 1 aliphatic heterocycles. The Balaban J connectivity index is 1.77. The number of aromatic nitrogens is 1. The van der Waals surface area contributed by atoms with E-state index in [1.54, 1.807) is 18.2 Å². The van der Waals surface area contributed by atoms with E-state index in [9.17, 15) is 14.4 Å². The molecule has 0 spiro atoms. The highest BCUT2D eigenvalue weighted by Gasteiger charge is 2.24. The molecule has 0 bridgehead atoms. The van der Waals surface area contributed by atoms with Crippen molar-refractivity contribution in [1.29, 1.82) is 0 Å². The minimum absolute atomic E-state index is 0.0302. The largest absolute Gasteiger partial charge is 0.463 e. The zero-order valence-corrected chi connectivity index (χ0v) is 12.4. The Morgan fingerprint density at radius 2 is 2.09 bits per heavy atom. The number of hydrogen-bond acceptors (Lipinski definition) is 4. The van der Waals surface area contributed by atoms with Gasteiger partial charge in [-0.25, -0.2) is 0 Å². The zero-order valence-electron chi connectivity index (χ0n) is 12.4. The van der Waals surface area contributed by atoms with Gasteiger partial charge in [0.05, 0.1) is 12.0 Å². The second kappa shape index (κ2) is 6.51. The molecular weight excluding hydrogens is 298 g/mol. The average Bonchev–Trinajstić information content (AvgIpc) is 3.00. The van der Waals surface area contributed by atoms with E-state index in [-0.39, 0.29) is 11.5 Å². The molecule has 3 N–H and O–H groups in total. The molecule has 0 aliphatic carbocycles.